The van der Waals surface area contributed by atoms with Gasteiger partial charge in [-0.25, -0.2) is 13.1 Å². The number of piperazine rings is 1. The Morgan fingerprint density at radius 3 is 2.38 bits per heavy atom. The number of nitrogens with zero attached hydrogens (tertiary/aromatic N) is 5. The molecule has 1 aliphatic carbocycles. The predicted molar refractivity (Wildman–Crippen MR) is 112 cm³/mol. The van der Waals surface area contributed by atoms with E-state index in [-0.39, 0.29) is 48.2 Å². The molecule has 1 aromatic carbocycles. The molecule has 9 nitrogen and oxygen atoms in total. The highest BCUT2D eigenvalue weighted by Crippen LogP contribution is 2.40. The third-order valence-electron chi connectivity index (χ3n) is 5.80. The number of sulfonamides is 1. The monoisotopic (exact) mass is 495 g/mol. The van der Waals surface area contributed by atoms with E-state index in [9.17, 15) is 36.4 Å². The van der Waals surface area contributed by atoms with E-state index in [1.165, 1.54) is 23.1 Å². The molecule has 2 fully saturated rings. The van der Waals surface area contributed by atoms with Crippen LogP contribution in [0.25, 0.3) is 0 Å². The first-order valence-electron chi connectivity index (χ1n) is 10.5. The van der Waals surface area contributed by atoms with Gasteiger partial charge in [0.05, 0.1) is 16.2 Å². The summed E-state index contributed by atoms with van der Waals surface area (Å²) in [5, 5.41) is 13.2. The number of benzene rings is 1. The molecule has 0 N–H and O–H groups in total. The second-order valence-corrected chi connectivity index (χ2v) is 10.0. The Balaban J connectivity index is 1.48. The molecule has 0 bridgehead atoms. The minimum Gasteiger partial charge on any atom is -0.338 e. The maximum absolute atomic E-state index is 13.3. The van der Waals surface area contributed by atoms with Crippen LogP contribution >= 0.6 is 0 Å². The van der Waals surface area contributed by atoms with E-state index in [2.05, 4.69) is 5.10 Å². The summed E-state index contributed by atoms with van der Waals surface area (Å²) in [6.45, 7) is -0.837. The van der Waals surface area contributed by atoms with Gasteiger partial charge in [-0.1, -0.05) is 12.1 Å². The van der Waals surface area contributed by atoms with Crippen LogP contribution in [0.5, 0.6) is 0 Å². The Morgan fingerprint density at radius 2 is 1.79 bits per heavy atom. The van der Waals surface area contributed by atoms with E-state index in [0.29, 0.717) is 17.5 Å². The second kappa shape index (κ2) is 8.84. The van der Waals surface area contributed by atoms with Crippen molar-refractivity contribution in [1.29, 1.82) is 5.26 Å². The number of amides is 1. The molecule has 0 radical (unpaired) electrons. The molecule has 4 rings (SSSR count). The van der Waals surface area contributed by atoms with E-state index >= 15 is 0 Å². The molecule has 13 heteroatoms. The first-order valence-corrected chi connectivity index (χ1v) is 11.9. The normalized spacial score (nSPS) is 17.4. The van der Waals surface area contributed by atoms with Crippen molar-refractivity contribution < 1.29 is 26.4 Å². The summed E-state index contributed by atoms with van der Waals surface area (Å²) in [5.41, 5.74) is -2.61. The zero-order valence-electron chi connectivity index (χ0n) is 17.8. The van der Waals surface area contributed by atoms with Crippen molar-refractivity contribution >= 4 is 15.9 Å². The lowest BCUT2D eigenvalue weighted by atomic mass is 10.2. The van der Waals surface area contributed by atoms with Crippen molar-refractivity contribution in [3.8, 4) is 6.07 Å². The van der Waals surface area contributed by atoms with Crippen molar-refractivity contribution in [3.63, 3.8) is 0 Å². The Labute approximate surface area is 193 Å². The molecule has 2 aromatic rings. The van der Waals surface area contributed by atoms with E-state index < -0.39 is 39.8 Å². The number of hydrogen-bond donors (Lipinski definition) is 0. The van der Waals surface area contributed by atoms with Gasteiger partial charge < -0.3 is 4.90 Å². The number of aromatic nitrogens is 2. The van der Waals surface area contributed by atoms with Crippen molar-refractivity contribution in [2.75, 3.05) is 26.2 Å². The van der Waals surface area contributed by atoms with E-state index in [1.54, 1.807) is 6.07 Å². The fourth-order valence-corrected chi connectivity index (χ4v) is 5.34. The average Bonchev–Trinajstić information content (AvgIpc) is 3.65. The van der Waals surface area contributed by atoms with Gasteiger partial charge in [0.25, 0.3) is 5.56 Å². The molecule has 34 heavy (non-hydrogen) atoms. The van der Waals surface area contributed by atoms with Crippen LogP contribution in [-0.2, 0) is 27.5 Å². The van der Waals surface area contributed by atoms with E-state index in [4.69, 9.17) is 0 Å². The zero-order valence-corrected chi connectivity index (χ0v) is 18.6. The molecule has 180 valence electrons. The highest BCUT2D eigenvalue weighted by molar-refractivity contribution is 7.89. The van der Waals surface area contributed by atoms with Crippen LogP contribution in [0.4, 0.5) is 13.2 Å². The highest BCUT2D eigenvalue weighted by atomic mass is 32.2. The van der Waals surface area contributed by atoms with Gasteiger partial charge in [0.1, 0.15) is 18.2 Å². The third kappa shape index (κ3) is 4.69. The fourth-order valence-electron chi connectivity index (χ4n) is 3.78. The van der Waals surface area contributed by atoms with Crippen molar-refractivity contribution in [1.82, 2.24) is 19.0 Å². The van der Waals surface area contributed by atoms with Crippen LogP contribution in [0.15, 0.2) is 40.0 Å². The number of hydrogen-bond acceptors (Lipinski definition) is 6. The molecule has 2 heterocycles. The number of carbonyl (C=O) groups is 1. The SMILES string of the molecule is N#Cc1ccccc1S(=O)(=O)N1CCN(C(=O)Cn2nc(C3CC3)cc(C(F)(F)F)c2=O)CC1. The summed E-state index contributed by atoms with van der Waals surface area (Å²) in [4.78, 5) is 26.2. The molecule has 2 aliphatic rings. The van der Waals surface area contributed by atoms with Gasteiger partial charge in [-0.2, -0.15) is 27.8 Å². The van der Waals surface area contributed by atoms with Gasteiger partial charge in [-0.15, -0.1) is 0 Å². The molecule has 0 spiro atoms. The number of halogens is 3. The minimum atomic E-state index is -4.87. The molecule has 1 amide bonds. The molecule has 1 saturated heterocycles. The Hall–Kier alpha value is -3.24. The van der Waals surface area contributed by atoms with Gasteiger partial charge in [0.15, 0.2) is 0 Å². The highest BCUT2D eigenvalue weighted by Gasteiger charge is 2.38. The van der Waals surface area contributed by atoms with Crippen LogP contribution < -0.4 is 5.56 Å². The lowest BCUT2D eigenvalue weighted by Crippen LogP contribution is -2.51. The van der Waals surface area contributed by atoms with Gasteiger partial charge >= 0.3 is 6.18 Å². The van der Waals surface area contributed by atoms with Gasteiger partial charge in [-0.05, 0) is 31.0 Å². The zero-order chi connectivity index (χ0) is 24.7. The van der Waals surface area contributed by atoms with Crippen LogP contribution in [0.2, 0.25) is 0 Å². The first kappa shape index (κ1) is 23.9. The van der Waals surface area contributed by atoms with Gasteiger partial charge in [0.2, 0.25) is 15.9 Å². The molecular weight excluding hydrogens is 475 g/mol. The standard InChI is InChI=1S/C21H20F3N5O4S/c22-21(23,24)16-11-17(14-5-6-14)26-29(20(16)31)13-19(30)27-7-9-28(10-8-27)34(32,33)18-4-2-1-3-15(18)12-25/h1-4,11,14H,5-10,13H2. The molecular formula is C21H20F3N5O4S. The summed E-state index contributed by atoms with van der Waals surface area (Å²) in [6, 6.07) is 8.37. The minimum absolute atomic E-state index is 0.00229. The number of rotatable bonds is 5. The number of alkyl halides is 3. The first-order chi connectivity index (χ1) is 16.0. The lowest BCUT2D eigenvalue weighted by Gasteiger charge is -2.34. The van der Waals surface area contributed by atoms with Gasteiger partial charge in [0, 0.05) is 32.1 Å². The van der Waals surface area contributed by atoms with Crippen molar-refractivity contribution in [2.24, 2.45) is 0 Å². The fraction of sp³-hybridized carbons (Fsp3) is 0.429. The molecule has 1 saturated carbocycles. The summed E-state index contributed by atoms with van der Waals surface area (Å²) in [5.74, 6) is -0.793. The third-order valence-corrected chi connectivity index (χ3v) is 7.75. The quantitative estimate of drug-likeness (QED) is 0.621. The molecule has 1 aliphatic heterocycles. The summed E-state index contributed by atoms with van der Waals surface area (Å²) >= 11 is 0. The number of nitriles is 1. The maximum Gasteiger partial charge on any atom is 0.421 e. The van der Waals surface area contributed by atoms with Crippen LogP contribution in [-0.4, -0.2) is 59.5 Å². The molecule has 0 unspecified atom stereocenters. The predicted octanol–water partition coefficient (Wildman–Crippen LogP) is 1.54. The Morgan fingerprint density at radius 1 is 1.15 bits per heavy atom. The van der Waals surface area contributed by atoms with Crippen molar-refractivity contribution in [2.45, 2.75) is 36.4 Å². The molecule has 0 atom stereocenters. The summed E-state index contributed by atoms with van der Waals surface area (Å²) in [7, 11) is -3.97. The van der Waals surface area contributed by atoms with Crippen LogP contribution in [0.1, 0.15) is 35.6 Å². The van der Waals surface area contributed by atoms with E-state index in [0.717, 1.165) is 10.4 Å². The van der Waals surface area contributed by atoms with Crippen LogP contribution in [0, 0.1) is 11.3 Å². The Bertz CT molecular complexity index is 1320. The summed E-state index contributed by atoms with van der Waals surface area (Å²) < 4.78 is 67.5. The lowest BCUT2D eigenvalue weighted by molar-refractivity contribution is -0.140. The van der Waals surface area contributed by atoms with Crippen LogP contribution in [0.3, 0.4) is 0 Å². The van der Waals surface area contributed by atoms with Gasteiger partial charge in [-0.3, -0.25) is 9.59 Å². The second-order valence-electron chi connectivity index (χ2n) is 8.11. The smallest absolute Gasteiger partial charge is 0.338 e. The Kier molecular flexibility index (Phi) is 6.22. The number of carbonyl (C=O) groups excluding carboxylic acids is 1. The molecule has 1 aromatic heterocycles. The summed E-state index contributed by atoms with van der Waals surface area (Å²) in [6.07, 6.45) is -3.53. The topological polar surface area (TPSA) is 116 Å². The average molecular weight is 495 g/mol. The van der Waals surface area contributed by atoms with E-state index in [1.807, 2.05) is 6.07 Å². The van der Waals surface area contributed by atoms with Crippen molar-refractivity contribution in [3.05, 3.63) is 57.5 Å². The maximum atomic E-state index is 13.3. The largest absolute Gasteiger partial charge is 0.421 e.